The predicted molar refractivity (Wildman–Crippen MR) is 304 cm³/mol. The number of rotatable bonds is 25. The van der Waals surface area contributed by atoms with Crippen LogP contribution >= 0.6 is 0 Å². The maximum Gasteiger partial charge on any atom is 0.211 e. The zero-order chi connectivity index (χ0) is 53.2. The van der Waals surface area contributed by atoms with Crippen LogP contribution in [0.3, 0.4) is 0 Å². The number of hydrogen-bond acceptors (Lipinski definition) is 7. The first-order chi connectivity index (χ1) is 33.4. The van der Waals surface area contributed by atoms with Crippen molar-refractivity contribution in [2.75, 3.05) is 27.2 Å². The van der Waals surface area contributed by atoms with Crippen LogP contribution in [0.15, 0.2) is 97.4 Å². The number of nitrogens with one attached hydrogen (secondary N) is 5. The lowest BCUT2D eigenvalue weighted by Gasteiger charge is -2.17. The van der Waals surface area contributed by atoms with E-state index in [1.165, 1.54) is 87.9 Å². The summed E-state index contributed by atoms with van der Waals surface area (Å²) in [5.41, 5.74) is 17.2. The van der Waals surface area contributed by atoms with Gasteiger partial charge >= 0.3 is 0 Å². The molecule has 0 fully saturated rings. The number of Topliss-reactive ketones (excluding diaryl/α,β-unsaturated/α-hetero) is 1. The molecule has 70 heavy (non-hydrogen) atoms. The van der Waals surface area contributed by atoms with Gasteiger partial charge in [0.15, 0.2) is 5.78 Å². The van der Waals surface area contributed by atoms with Gasteiger partial charge in [-0.25, -0.2) is 0 Å². The van der Waals surface area contributed by atoms with Crippen LogP contribution in [0.2, 0.25) is 6.32 Å². The molecule has 0 atom stereocenters. The molecule has 0 unspecified atom stereocenters. The van der Waals surface area contributed by atoms with Gasteiger partial charge in [0.25, 0.3) is 0 Å². The zero-order valence-electron chi connectivity index (χ0n) is 45.9. The number of aromatic nitrogens is 3. The lowest BCUT2D eigenvalue weighted by molar-refractivity contribution is -0.113. The second kappa shape index (κ2) is 37.1. The molecule has 2 aromatic carbocycles. The van der Waals surface area contributed by atoms with Crippen LogP contribution in [0.5, 0.6) is 0 Å². The number of ketones is 1. The van der Waals surface area contributed by atoms with Gasteiger partial charge in [0.1, 0.15) is 6.29 Å². The van der Waals surface area contributed by atoms with Crippen molar-refractivity contribution in [2.45, 2.75) is 140 Å². The van der Waals surface area contributed by atoms with E-state index in [1.54, 1.807) is 6.08 Å². The maximum atomic E-state index is 11.7. The Hall–Kier alpha value is -5.78. The van der Waals surface area contributed by atoms with E-state index in [4.69, 9.17) is 0 Å². The number of aldehydes is 1. The summed E-state index contributed by atoms with van der Waals surface area (Å²) in [7, 11) is 7.90. The smallest absolute Gasteiger partial charge is 0.211 e. The number of H-pyrrole nitrogens is 1. The third kappa shape index (κ3) is 22.8. The number of para-hydroxylation sites is 1. The molecule has 4 rings (SSSR count). The highest BCUT2D eigenvalue weighted by molar-refractivity contribution is 6.32. The number of nitrogens with zero attached hydrogens (tertiary/aromatic N) is 2. The van der Waals surface area contributed by atoms with Gasteiger partial charge < -0.3 is 31.0 Å². The molecule has 0 saturated heterocycles. The summed E-state index contributed by atoms with van der Waals surface area (Å²) >= 11 is 0. The van der Waals surface area contributed by atoms with Crippen LogP contribution in [0, 0.1) is 40.5 Å². The molecule has 383 valence electrons. The number of benzene rings is 2. The van der Waals surface area contributed by atoms with Crippen molar-refractivity contribution in [2.24, 2.45) is 13.0 Å². The molecule has 0 bridgehead atoms. The van der Waals surface area contributed by atoms with E-state index in [2.05, 4.69) is 143 Å². The second-order valence-electron chi connectivity index (χ2n) is 17.9. The van der Waals surface area contributed by atoms with Crippen molar-refractivity contribution >= 4 is 42.9 Å². The molecule has 5 N–H and O–H groups in total. The van der Waals surface area contributed by atoms with E-state index >= 15 is 0 Å². The highest BCUT2D eigenvalue weighted by Gasteiger charge is 2.18. The van der Waals surface area contributed by atoms with E-state index in [-0.39, 0.29) is 5.78 Å². The summed E-state index contributed by atoms with van der Waals surface area (Å²) in [5, 5.41) is 17.4. The fourth-order valence-corrected chi connectivity index (χ4v) is 7.93. The van der Waals surface area contributed by atoms with Crippen LogP contribution < -0.4 is 21.2 Å². The van der Waals surface area contributed by atoms with Gasteiger partial charge in [0.2, 0.25) is 13.8 Å². The molecule has 0 aliphatic carbocycles. The summed E-state index contributed by atoms with van der Waals surface area (Å²) in [6.45, 7) is 39.7. The number of amides is 1. The van der Waals surface area contributed by atoms with Crippen molar-refractivity contribution < 1.29 is 14.4 Å². The molecule has 0 aliphatic heterocycles. The van der Waals surface area contributed by atoms with E-state index in [1.807, 2.05) is 59.2 Å². The van der Waals surface area contributed by atoms with Gasteiger partial charge in [-0.05, 0) is 166 Å². The average molecular weight is 957 g/mol. The molecule has 0 saturated carbocycles. The fourth-order valence-electron chi connectivity index (χ4n) is 7.93. The highest BCUT2D eigenvalue weighted by atomic mass is 16.1. The Kier molecular flexibility index (Phi) is 34.0. The summed E-state index contributed by atoms with van der Waals surface area (Å²) in [4.78, 5) is 34.8. The van der Waals surface area contributed by atoms with Crippen LogP contribution in [-0.4, -0.2) is 67.8 Å². The summed E-state index contributed by atoms with van der Waals surface area (Å²) < 4.78 is 1.97. The standard InChI is InChI=1S/C29H35N3.C17H25NO2.C6H14.C4H12BN2.C3H5NO/c1-8-27-24(13-10-9-12-23-16-18(2)20(4)19(3)17-23)25-14-11-15-26(29(25)30-27)28-21(5)31-32(7)22(28)6;1-6-15(14(5)20)17(13(3)4)16(7-2)18-11-9-8-10-12-19;1-4-5-6(2)3;1-6-4-3-5-7-2;1-2-4-3-5/h8,11,14-17,30H,1,9-10,12-13H2,2-7H3;6-7,12,18H,1,3,8-11H2,2,4-5H3;6H,4-5H2,1-3H3;6-7H,3-4H2,1-2H3;2-3H,1H2,(H,4,5)/b;16-7+,17-15+;;;. The minimum absolute atomic E-state index is 0.0277. The number of allylic oxidation sites excluding steroid dienone is 4. The SMILES string of the molecule is C=C/C(C(C)=O)=C(C(=C)C)\C(=C/C)NCCCCC=O.C=CNC=O.C=Cc1[nH]c2c(-c3c(C)nn(C)c3C)cccc2c1CCCCc1cc(C)c(C)c(C)c1.CCCC(C)C.CN[B]CCNC. The Morgan fingerprint density at radius 1 is 0.943 bits per heavy atom. The van der Waals surface area contributed by atoms with E-state index in [0.717, 1.165) is 91.9 Å². The zero-order valence-corrected chi connectivity index (χ0v) is 45.9. The van der Waals surface area contributed by atoms with Crippen LogP contribution in [0.25, 0.3) is 28.1 Å². The summed E-state index contributed by atoms with van der Waals surface area (Å²) in [6.07, 6.45) is 19.0. The van der Waals surface area contributed by atoms with Gasteiger partial charge in [-0.1, -0.05) is 109 Å². The number of carbonyl (C=O) groups excluding carboxylic acids is 3. The molecule has 2 heterocycles. The Morgan fingerprint density at radius 2 is 1.60 bits per heavy atom. The van der Waals surface area contributed by atoms with E-state index < -0.39 is 0 Å². The Bertz CT molecular complexity index is 2280. The third-order valence-corrected chi connectivity index (χ3v) is 11.8. The summed E-state index contributed by atoms with van der Waals surface area (Å²) in [6, 6.07) is 11.3. The van der Waals surface area contributed by atoms with Gasteiger partial charge in [0, 0.05) is 64.8 Å². The lowest BCUT2D eigenvalue weighted by atomic mass is 9.90. The molecule has 0 aliphatic rings. The van der Waals surface area contributed by atoms with Crippen LogP contribution in [-0.2, 0) is 34.3 Å². The molecule has 4 aromatic rings. The molecule has 1 amide bonds. The maximum absolute atomic E-state index is 11.7. The molecule has 1 radical (unpaired) electrons. The molecule has 2 aromatic heterocycles. The minimum Gasteiger partial charge on any atom is -0.385 e. The second-order valence-corrected chi connectivity index (χ2v) is 17.9. The Balaban J connectivity index is 0.00000106. The predicted octanol–water partition coefficient (Wildman–Crippen LogP) is 12.6. The molecule has 10 nitrogen and oxygen atoms in total. The molecule has 11 heteroatoms. The van der Waals surface area contributed by atoms with Gasteiger partial charge in [-0.3, -0.25) is 14.3 Å². The average Bonchev–Trinajstić information content (AvgIpc) is 3.81. The van der Waals surface area contributed by atoms with Gasteiger partial charge in [-0.2, -0.15) is 5.10 Å². The van der Waals surface area contributed by atoms with Crippen molar-refractivity contribution in [3.63, 3.8) is 0 Å². The quantitative estimate of drug-likeness (QED) is 0.0147. The van der Waals surface area contributed by atoms with Crippen molar-refractivity contribution in [1.29, 1.82) is 0 Å². The minimum atomic E-state index is -0.0277. The first kappa shape index (κ1) is 64.2. The first-order valence-electron chi connectivity index (χ1n) is 25.1. The number of aryl methyl sites for hydroxylation is 6. The lowest BCUT2D eigenvalue weighted by Crippen LogP contribution is -2.19. The van der Waals surface area contributed by atoms with Crippen molar-refractivity contribution in [1.82, 2.24) is 35.9 Å². The molecular weight excluding hydrogens is 866 g/mol. The number of carbonyl (C=O) groups is 3. The van der Waals surface area contributed by atoms with Crippen LogP contribution in [0.1, 0.15) is 131 Å². The topological polar surface area (TPSA) is 133 Å². The number of hydrogen-bond donors (Lipinski definition) is 5. The Morgan fingerprint density at radius 3 is 2.04 bits per heavy atom. The van der Waals surface area contributed by atoms with E-state index in [9.17, 15) is 14.4 Å². The van der Waals surface area contributed by atoms with E-state index in [0.29, 0.717) is 18.4 Å². The highest BCUT2D eigenvalue weighted by Crippen LogP contribution is 2.36. The molecule has 0 spiro atoms. The number of unbranched alkanes of at least 4 members (excludes halogenated alkanes) is 3. The molecular formula is C59H91BN7O3. The van der Waals surface area contributed by atoms with Crippen molar-refractivity contribution in [3.8, 4) is 11.1 Å². The number of fused-ring (bicyclic) bond motifs is 1. The number of aromatic amines is 1. The van der Waals surface area contributed by atoms with Gasteiger partial charge in [-0.15, -0.1) is 0 Å². The monoisotopic (exact) mass is 957 g/mol. The largest absolute Gasteiger partial charge is 0.385 e. The van der Waals surface area contributed by atoms with Crippen LogP contribution in [0.4, 0.5) is 0 Å². The van der Waals surface area contributed by atoms with Gasteiger partial charge in [0.05, 0.1) is 11.2 Å². The fraction of sp³-hybridized carbons (Fsp3) is 0.458. The van der Waals surface area contributed by atoms with Crippen molar-refractivity contribution in [3.05, 3.63) is 142 Å². The Labute approximate surface area is 425 Å². The normalized spacial score (nSPS) is 10.9. The first-order valence-corrected chi connectivity index (χ1v) is 25.1. The third-order valence-electron chi connectivity index (χ3n) is 11.8. The summed E-state index contributed by atoms with van der Waals surface area (Å²) in [5.74, 6) is 0.870.